The second kappa shape index (κ2) is 1.97. The van der Waals surface area contributed by atoms with Gasteiger partial charge < -0.3 is 5.11 Å². The largest absolute Gasteiger partial charge is 0.505 e. The summed E-state index contributed by atoms with van der Waals surface area (Å²) in [4.78, 5) is 0. The van der Waals surface area contributed by atoms with Crippen LogP contribution in [0.2, 0.25) is 0 Å². The van der Waals surface area contributed by atoms with E-state index in [1.54, 1.807) is 25.1 Å². The van der Waals surface area contributed by atoms with Gasteiger partial charge in [-0.3, -0.25) is 5.73 Å². The van der Waals surface area contributed by atoms with Gasteiger partial charge in [-0.2, -0.15) is 0 Å². The van der Waals surface area contributed by atoms with Crippen molar-refractivity contribution in [3.05, 3.63) is 23.8 Å². The zero-order valence-electron chi connectivity index (χ0n) is 5.18. The van der Waals surface area contributed by atoms with Gasteiger partial charge >= 0.3 is 0 Å². The molecule has 0 aliphatic heterocycles. The molecule has 0 amide bonds. The SMILES string of the molecule is Cc1cccc([NH])c1O. The molecule has 47 valence electrons. The minimum absolute atomic E-state index is 0.0810. The van der Waals surface area contributed by atoms with Crippen LogP contribution in [-0.4, -0.2) is 5.11 Å². The van der Waals surface area contributed by atoms with E-state index in [1.807, 2.05) is 0 Å². The Balaban J connectivity index is 3.25. The number of phenolic OH excluding ortho intramolecular Hbond substituents is 1. The fourth-order valence-corrected chi connectivity index (χ4v) is 0.659. The van der Waals surface area contributed by atoms with Crippen molar-refractivity contribution in [2.45, 2.75) is 6.92 Å². The van der Waals surface area contributed by atoms with E-state index in [-0.39, 0.29) is 11.4 Å². The Bertz CT molecular complexity index is 200. The lowest BCUT2D eigenvalue weighted by Gasteiger charge is -1.98. The third-order valence-electron chi connectivity index (χ3n) is 1.24. The number of aromatic hydroxyl groups is 1. The number of phenols is 1. The van der Waals surface area contributed by atoms with Crippen LogP contribution in [0.25, 0.3) is 0 Å². The number of hydrogen-bond donors (Lipinski definition) is 1. The van der Waals surface area contributed by atoms with Crippen LogP contribution in [0.3, 0.4) is 0 Å². The van der Waals surface area contributed by atoms with Crippen molar-refractivity contribution in [3.63, 3.8) is 0 Å². The number of para-hydroxylation sites is 1. The van der Waals surface area contributed by atoms with Crippen LogP contribution in [0.4, 0.5) is 5.69 Å². The van der Waals surface area contributed by atoms with E-state index in [4.69, 9.17) is 10.8 Å². The lowest BCUT2D eigenvalue weighted by Crippen LogP contribution is -1.75. The minimum atomic E-state index is 0.0810. The Morgan fingerprint density at radius 3 is 2.56 bits per heavy atom. The van der Waals surface area contributed by atoms with Gasteiger partial charge in [-0.15, -0.1) is 0 Å². The summed E-state index contributed by atoms with van der Waals surface area (Å²) < 4.78 is 0. The molecule has 1 aromatic carbocycles. The minimum Gasteiger partial charge on any atom is -0.505 e. The maximum absolute atomic E-state index is 9.02. The van der Waals surface area contributed by atoms with Crippen molar-refractivity contribution >= 4 is 5.69 Å². The van der Waals surface area contributed by atoms with E-state index in [1.165, 1.54) is 0 Å². The smallest absolute Gasteiger partial charge is 0.143 e. The molecule has 0 saturated heterocycles. The average Bonchev–Trinajstić information content (AvgIpc) is 1.83. The molecule has 1 aromatic rings. The molecule has 2 nitrogen and oxygen atoms in total. The molecule has 0 atom stereocenters. The van der Waals surface area contributed by atoms with Gasteiger partial charge in [0.05, 0.1) is 5.69 Å². The first-order valence-electron chi connectivity index (χ1n) is 2.72. The summed E-state index contributed by atoms with van der Waals surface area (Å²) in [6.45, 7) is 1.77. The number of hydrogen-bond acceptors (Lipinski definition) is 1. The Morgan fingerprint density at radius 1 is 1.44 bits per heavy atom. The number of nitrogens with one attached hydrogen (secondary N) is 1. The number of rotatable bonds is 0. The van der Waals surface area contributed by atoms with Crippen molar-refractivity contribution in [2.24, 2.45) is 0 Å². The van der Waals surface area contributed by atoms with Gasteiger partial charge in [0, 0.05) is 0 Å². The van der Waals surface area contributed by atoms with Gasteiger partial charge in [-0.05, 0) is 18.6 Å². The molecule has 0 unspecified atom stereocenters. The standard InChI is InChI=1S/C7H8NO/c1-5-3-2-4-6(8)7(5)9/h2-4,8-9H,1H3. The van der Waals surface area contributed by atoms with Gasteiger partial charge in [-0.25, -0.2) is 0 Å². The Kier molecular flexibility index (Phi) is 1.30. The molecule has 0 saturated carbocycles. The van der Waals surface area contributed by atoms with Gasteiger partial charge in [0.2, 0.25) is 0 Å². The molecule has 0 fully saturated rings. The van der Waals surface area contributed by atoms with Crippen molar-refractivity contribution in [1.82, 2.24) is 5.73 Å². The molecule has 9 heavy (non-hydrogen) atoms. The monoisotopic (exact) mass is 122 g/mol. The highest BCUT2D eigenvalue weighted by Crippen LogP contribution is 2.23. The third-order valence-corrected chi connectivity index (χ3v) is 1.24. The topological polar surface area (TPSA) is 44.0 Å². The quantitative estimate of drug-likeness (QED) is 0.522. The second-order valence-corrected chi connectivity index (χ2v) is 1.97. The van der Waals surface area contributed by atoms with E-state index >= 15 is 0 Å². The van der Waals surface area contributed by atoms with Crippen molar-refractivity contribution in [2.75, 3.05) is 0 Å². The maximum atomic E-state index is 9.02. The molecule has 0 aliphatic rings. The summed E-state index contributed by atoms with van der Waals surface area (Å²) in [5.41, 5.74) is 8.05. The molecule has 1 rings (SSSR count). The third kappa shape index (κ3) is 0.964. The molecule has 1 radical (unpaired) electrons. The molecule has 2 N–H and O–H groups in total. The summed E-state index contributed by atoms with van der Waals surface area (Å²) in [5, 5.41) is 9.02. The van der Waals surface area contributed by atoms with Crippen LogP contribution >= 0.6 is 0 Å². The molecule has 0 heterocycles. The Hall–Kier alpha value is -1.18. The van der Waals surface area contributed by atoms with Crippen LogP contribution < -0.4 is 5.73 Å². The number of aryl methyl sites for hydroxylation is 1. The first-order valence-corrected chi connectivity index (χ1v) is 2.72. The average molecular weight is 122 g/mol. The van der Waals surface area contributed by atoms with Crippen LogP contribution in [0.1, 0.15) is 5.56 Å². The van der Waals surface area contributed by atoms with E-state index in [0.717, 1.165) is 5.56 Å². The molecule has 0 aliphatic carbocycles. The van der Waals surface area contributed by atoms with Crippen LogP contribution in [0.5, 0.6) is 5.75 Å². The highest BCUT2D eigenvalue weighted by atomic mass is 16.3. The molecule has 2 heteroatoms. The van der Waals surface area contributed by atoms with Crippen molar-refractivity contribution in [1.29, 1.82) is 0 Å². The summed E-state index contributed by atoms with van der Waals surface area (Å²) in [6.07, 6.45) is 0. The number of benzene rings is 1. The lowest BCUT2D eigenvalue weighted by atomic mass is 10.2. The summed E-state index contributed by atoms with van der Waals surface area (Å²) in [7, 11) is 0. The molecule has 0 spiro atoms. The van der Waals surface area contributed by atoms with Crippen molar-refractivity contribution in [3.8, 4) is 5.75 Å². The molecular weight excluding hydrogens is 114 g/mol. The second-order valence-electron chi connectivity index (χ2n) is 1.97. The van der Waals surface area contributed by atoms with Crippen LogP contribution in [-0.2, 0) is 0 Å². The predicted molar refractivity (Wildman–Crippen MR) is 35.6 cm³/mol. The van der Waals surface area contributed by atoms with Gasteiger partial charge in [-0.1, -0.05) is 12.1 Å². The fraction of sp³-hybridized carbons (Fsp3) is 0.143. The highest BCUT2D eigenvalue weighted by molar-refractivity contribution is 5.52. The molecule has 0 aromatic heterocycles. The summed E-state index contributed by atoms with van der Waals surface area (Å²) in [5.74, 6) is 0.0810. The zero-order chi connectivity index (χ0) is 6.85. The van der Waals surface area contributed by atoms with Crippen LogP contribution in [0.15, 0.2) is 18.2 Å². The van der Waals surface area contributed by atoms with Gasteiger partial charge in [0.15, 0.2) is 0 Å². The van der Waals surface area contributed by atoms with E-state index < -0.39 is 0 Å². The van der Waals surface area contributed by atoms with Crippen molar-refractivity contribution < 1.29 is 5.11 Å². The predicted octanol–water partition coefficient (Wildman–Crippen LogP) is 1.62. The van der Waals surface area contributed by atoms with E-state index in [0.29, 0.717) is 0 Å². The van der Waals surface area contributed by atoms with E-state index in [9.17, 15) is 0 Å². The molecule has 0 bridgehead atoms. The Labute approximate surface area is 53.9 Å². The first kappa shape index (κ1) is 5.95. The van der Waals surface area contributed by atoms with Gasteiger partial charge in [0.25, 0.3) is 0 Å². The van der Waals surface area contributed by atoms with E-state index in [2.05, 4.69) is 0 Å². The Morgan fingerprint density at radius 2 is 2.11 bits per heavy atom. The summed E-state index contributed by atoms with van der Waals surface area (Å²) >= 11 is 0. The zero-order valence-corrected chi connectivity index (χ0v) is 5.18. The maximum Gasteiger partial charge on any atom is 0.143 e. The summed E-state index contributed by atoms with van der Waals surface area (Å²) in [6, 6.07) is 5.08. The highest BCUT2D eigenvalue weighted by Gasteiger charge is 1.96. The lowest BCUT2D eigenvalue weighted by molar-refractivity contribution is 0.472. The first-order chi connectivity index (χ1) is 4.22. The normalized spacial score (nSPS) is 9.44. The fourth-order valence-electron chi connectivity index (χ4n) is 0.659. The van der Waals surface area contributed by atoms with Crippen LogP contribution in [0, 0.1) is 6.92 Å². The molecular formula is C7H8NO. The van der Waals surface area contributed by atoms with Gasteiger partial charge in [0.1, 0.15) is 5.75 Å².